The van der Waals surface area contributed by atoms with E-state index in [2.05, 4.69) is 15.3 Å². The molecule has 2 heterocycles. The smallest absolute Gasteiger partial charge is 0.274 e. The van der Waals surface area contributed by atoms with E-state index < -0.39 is 0 Å². The van der Waals surface area contributed by atoms with Crippen molar-refractivity contribution in [2.75, 3.05) is 5.32 Å². The van der Waals surface area contributed by atoms with Gasteiger partial charge in [-0.1, -0.05) is 36.4 Å². The average molecular weight is 339 g/mol. The van der Waals surface area contributed by atoms with E-state index in [-0.39, 0.29) is 5.91 Å². The number of nitrogens with zero attached hydrogens (tertiary/aromatic N) is 2. The summed E-state index contributed by atoms with van der Waals surface area (Å²) in [5.74, 6) is -0.207. The highest BCUT2D eigenvalue weighted by Crippen LogP contribution is 2.22. The number of carbonyl (C=O) groups excluding carboxylic acids is 1. The fourth-order valence-corrected chi connectivity index (χ4v) is 2.99. The van der Waals surface area contributed by atoms with Gasteiger partial charge in [0.25, 0.3) is 5.91 Å². The molecule has 26 heavy (non-hydrogen) atoms. The number of anilines is 1. The quantitative estimate of drug-likeness (QED) is 0.580. The summed E-state index contributed by atoms with van der Waals surface area (Å²) in [6.07, 6.45) is 3.53. The number of hydrogen-bond acceptors (Lipinski definition) is 3. The van der Waals surface area contributed by atoms with Gasteiger partial charge in [0.2, 0.25) is 0 Å². The van der Waals surface area contributed by atoms with Crippen LogP contribution >= 0.6 is 0 Å². The van der Waals surface area contributed by atoms with Crippen molar-refractivity contribution in [1.82, 2.24) is 9.97 Å². The molecule has 0 spiro atoms. The van der Waals surface area contributed by atoms with Crippen LogP contribution in [0.1, 0.15) is 16.2 Å². The average Bonchev–Trinajstić information content (AvgIpc) is 2.68. The summed E-state index contributed by atoms with van der Waals surface area (Å²) >= 11 is 0. The highest BCUT2D eigenvalue weighted by molar-refractivity contribution is 6.11. The van der Waals surface area contributed by atoms with Gasteiger partial charge in [0, 0.05) is 29.2 Å². The maximum absolute atomic E-state index is 12.8. The summed E-state index contributed by atoms with van der Waals surface area (Å²) in [7, 11) is 0. The van der Waals surface area contributed by atoms with Crippen LogP contribution in [0.3, 0.4) is 0 Å². The zero-order chi connectivity index (χ0) is 17.9. The van der Waals surface area contributed by atoms with Gasteiger partial charge in [-0.2, -0.15) is 0 Å². The van der Waals surface area contributed by atoms with Crippen LogP contribution in [0.25, 0.3) is 21.9 Å². The van der Waals surface area contributed by atoms with Gasteiger partial charge in [-0.15, -0.1) is 0 Å². The van der Waals surface area contributed by atoms with E-state index in [1.165, 1.54) is 0 Å². The van der Waals surface area contributed by atoms with Gasteiger partial charge in [0.05, 0.1) is 0 Å². The molecule has 0 aliphatic rings. The normalized spacial score (nSPS) is 10.7. The van der Waals surface area contributed by atoms with Gasteiger partial charge < -0.3 is 5.32 Å². The lowest BCUT2D eigenvalue weighted by Crippen LogP contribution is -2.14. The lowest BCUT2D eigenvalue weighted by molar-refractivity contribution is 0.102. The third kappa shape index (κ3) is 3.17. The van der Waals surface area contributed by atoms with Crippen molar-refractivity contribution in [3.63, 3.8) is 0 Å². The van der Waals surface area contributed by atoms with Crippen LogP contribution in [0, 0.1) is 6.92 Å². The summed E-state index contributed by atoms with van der Waals surface area (Å²) in [5, 5.41) is 4.81. The molecule has 0 saturated heterocycles. The number of aromatic nitrogens is 2. The summed E-state index contributed by atoms with van der Waals surface area (Å²) in [6.45, 7) is 1.90. The summed E-state index contributed by atoms with van der Waals surface area (Å²) < 4.78 is 0. The van der Waals surface area contributed by atoms with Crippen molar-refractivity contribution < 1.29 is 4.79 Å². The van der Waals surface area contributed by atoms with Crippen LogP contribution in [0.5, 0.6) is 0 Å². The largest absolute Gasteiger partial charge is 0.321 e. The predicted octanol–water partition coefficient (Wildman–Crippen LogP) is 4.86. The van der Waals surface area contributed by atoms with Crippen LogP contribution in [0.2, 0.25) is 0 Å². The Bertz CT molecular complexity index is 1070. The minimum atomic E-state index is -0.207. The minimum Gasteiger partial charge on any atom is -0.321 e. The maximum Gasteiger partial charge on any atom is 0.274 e. The van der Waals surface area contributed by atoms with E-state index >= 15 is 0 Å². The van der Waals surface area contributed by atoms with Crippen molar-refractivity contribution in [3.8, 4) is 11.1 Å². The summed E-state index contributed by atoms with van der Waals surface area (Å²) in [5.41, 5.74) is 4.16. The Morgan fingerprint density at radius 3 is 2.35 bits per heavy atom. The molecule has 1 amide bonds. The Morgan fingerprint density at radius 2 is 1.58 bits per heavy atom. The molecule has 1 N–H and O–H groups in total. The number of rotatable bonds is 3. The lowest BCUT2D eigenvalue weighted by Gasteiger charge is -2.09. The van der Waals surface area contributed by atoms with Crippen molar-refractivity contribution in [2.45, 2.75) is 6.92 Å². The molecule has 126 valence electrons. The maximum atomic E-state index is 12.8. The fraction of sp³-hybridized carbons (Fsp3) is 0.0455. The SMILES string of the molecule is Cc1cc2ccccc2c(C(=O)Nc2ccc(-c3ccncc3)cc2)n1. The number of benzene rings is 2. The number of carbonyl (C=O) groups is 1. The first kappa shape index (κ1) is 16.0. The third-order valence-corrected chi connectivity index (χ3v) is 4.24. The number of hydrogen-bond donors (Lipinski definition) is 1. The molecule has 4 aromatic rings. The Labute approximate surface area is 151 Å². The fourth-order valence-electron chi connectivity index (χ4n) is 2.99. The van der Waals surface area contributed by atoms with Crippen molar-refractivity contribution in [1.29, 1.82) is 0 Å². The van der Waals surface area contributed by atoms with Crippen LogP contribution in [-0.4, -0.2) is 15.9 Å². The highest BCUT2D eigenvalue weighted by Gasteiger charge is 2.13. The zero-order valence-electron chi connectivity index (χ0n) is 14.3. The number of nitrogens with one attached hydrogen (secondary N) is 1. The monoisotopic (exact) mass is 339 g/mol. The Morgan fingerprint density at radius 1 is 0.885 bits per heavy atom. The number of pyridine rings is 2. The second-order valence-electron chi connectivity index (χ2n) is 6.10. The molecule has 2 aromatic carbocycles. The molecular weight excluding hydrogens is 322 g/mol. The van der Waals surface area contributed by atoms with E-state index in [1.807, 2.05) is 73.7 Å². The molecule has 2 aromatic heterocycles. The van der Waals surface area contributed by atoms with Crippen molar-refractivity contribution in [3.05, 3.63) is 90.5 Å². The molecule has 0 radical (unpaired) electrons. The molecule has 4 nitrogen and oxygen atoms in total. The molecule has 4 rings (SSSR count). The highest BCUT2D eigenvalue weighted by atomic mass is 16.1. The van der Waals surface area contributed by atoms with Gasteiger partial charge in [-0.25, -0.2) is 4.98 Å². The summed E-state index contributed by atoms with van der Waals surface area (Å²) in [6, 6.07) is 21.4. The number of fused-ring (bicyclic) bond motifs is 1. The third-order valence-electron chi connectivity index (χ3n) is 4.24. The molecule has 0 fully saturated rings. The van der Waals surface area contributed by atoms with Gasteiger partial charge in [0.1, 0.15) is 5.69 Å². The van der Waals surface area contributed by atoms with Gasteiger partial charge in [-0.3, -0.25) is 9.78 Å². The van der Waals surface area contributed by atoms with Gasteiger partial charge >= 0.3 is 0 Å². The first-order valence-corrected chi connectivity index (χ1v) is 8.39. The first-order valence-electron chi connectivity index (χ1n) is 8.39. The van der Waals surface area contributed by atoms with Crippen molar-refractivity contribution >= 4 is 22.4 Å². The summed E-state index contributed by atoms with van der Waals surface area (Å²) in [4.78, 5) is 21.2. The van der Waals surface area contributed by atoms with E-state index in [0.717, 1.165) is 33.3 Å². The van der Waals surface area contributed by atoms with E-state index in [9.17, 15) is 4.79 Å². The van der Waals surface area contributed by atoms with Crippen LogP contribution < -0.4 is 5.32 Å². The number of amides is 1. The molecule has 0 aliphatic carbocycles. The van der Waals surface area contributed by atoms with Gasteiger partial charge in [0.15, 0.2) is 0 Å². The topological polar surface area (TPSA) is 54.9 Å². The Balaban J connectivity index is 1.61. The Hall–Kier alpha value is -3.53. The zero-order valence-corrected chi connectivity index (χ0v) is 14.3. The van der Waals surface area contributed by atoms with E-state index in [1.54, 1.807) is 12.4 Å². The van der Waals surface area contributed by atoms with Crippen LogP contribution in [0.15, 0.2) is 79.1 Å². The molecule has 0 bridgehead atoms. The Kier molecular flexibility index (Phi) is 4.15. The second kappa shape index (κ2) is 6.76. The first-order chi connectivity index (χ1) is 12.7. The molecule has 0 aliphatic heterocycles. The van der Waals surface area contributed by atoms with Crippen LogP contribution in [0.4, 0.5) is 5.69 Å². The van der Waals surface area contributed by atoms with Gasteiger partial charge in [-0.05, 0) is 53.8 Å². The molecule has 0 unspecified atom stereocenters. The number of aryl methyl sites for hydroxylation is 1. The molecule has 0 atom stereocenters. The standard InChI is InChI=1S/C22H17N3O/c1-15-14-18-4-2-3-5-20(18)21(24-15)22(26)25-19-8-6-16(7-9-19)17-10-12-23-13-11-17/h2-14H,1H3,(H,25,26). The molecular formula is C22H17N3O. The predicted molar refractivity (Wildman–Crippen MR) is 104 cm³/mol. The van der Waals surface area contributed by atoms with E-state index in [0.29, 0.717) is 5.69 Å². The molecule has 4 heteroatoms. The molecule has 0 saturated carbocycles. The van der Waals surface area contributed by atoms with Crippen molar-refractivity contribution in [2.24, 2.45) is 0 Å². The van der Waals surface area contributed by atoms with E-state index in [4.69, 9.17) is 0 Å². The lowest BCUT2D eigenvalue weighted by atomic mass is 10.1. The van der Waals surface area contributed by atoms with Crippen LogP contribution in [-0.2, 0) is 0 Å². The second-order valence-corrected chi connectivity index (χ2v) is 6.10. The minimum absolute atomic E-state index is 0.207.